The van der Waals surface area contributed by atoms with Crippen molar-refractivity contribution in [3.05, 3.63) is 30.3 Å². The zero-order valence-electron chi connectivity index (χ0n) is 8.85. The maximum atomic E-state index is 10.4. The van der Waals surface area contributed by atoms with E-state index in [9.17, 15) is 4.79 Å². The van der Waals surface area contributed by atoms with E-state index in [1.54, 1.807) is 0 Å². The van der Waals surface area contributed by atoms with E-state index in [0.29, 0.717) is 6.61 Å². The summed E-state index contributed by atoms with van der Waals surface area (Å²) < 4.78 is 5.47. The Morgan fingerprint density at radius 3 is 2.67 bits per heavy atom. The van der Waals surface area contributed by atoms with Crippen LogP contribution < -0.4 is 4.74 Å². The average molecular weight is 208 g/mol. The number of aliphatic carboxylic acids is 1. The Kier molecular flexibility index (Phi) is 4.68. The van der Waals surface area contributed by atoms with Gasteiger partial charge in [-0.1, -0.05) is 25.1 Å². The monoisotopic (exact) mass is 208 g/mol. The van der Waals surface area contributed by atoms with Crippen LogP contribution in [-0.4, -0.2) is 17.7 Å². The maximum absolute atomic E-state index is 10.4. The molecule has 1 aromatic rings. The highest BCUT2D eigenvalue weighted by Gasteiger charge is 2.07. The molecule has 1 rings (SSSR count). The Morgan fingerprint density at radius 1 is 1.40 bits per heavy atom. The van der Waals surface area contributed by atoms with Crippen molar-refractivity contribution in [1.82, 2.24) is 0 Å². The van der Waals surface area contributed by atoms with Gasteiger partial charge < -0.3 is 9.84 Å². The Morgan fingerprint density at radius 2 is 2.07 bits per heavy atom. The van der Waals surface area contributed by atoms with Crippen LogP contribution in [-0.2, 0) is 4.79 Å². The van der Waals surface area contributed by atoms with Crippen molar-refractivity contribution in [2.24, 2.45) is 5.92 Å². The minimum Gasteiger partial charge on any atom is -0.494 e. The number of hydrogen-bond donors (Lipinski definition) is 1. The van der Waals surface area contributed by atoms with E-state index in [1.807, 2.05) is 37.3 Å². The van der Waals surface area contributed by atoms with Crippen LogP contribution in [0, 0.1) is 5.92 Å². The van der Waals surface area contributed by atoms with E-state index in [-0.39, 0.29) is 12.3 Å². The number of hydrogen-bond acceptors (Lipinski definition) is 2. The van der Waals surface area contributed by atoms with Crippen molar-refractivity contribution in [1.29, 1.82) is 0 Å². The lowest BCUT2D eigenvalue weighted by atomic mass is 10.1. The predicted octanol–water partition coefficient (Wildman–Crippen LogP) is 2.57. The van der Waals surface area contributed by atoms with Gasteiger partial charge in [-0.25, -0.2) is 0 Å². The van der Waals surface area contributed by atoms with E-state index in [0.717, 1.165) is 12.2 Å². The van der Waals surface area contributed by atoms with Gasteiger partial charge in [0.1, 0.15) is 5.75 Å². The van der Waals surface area contributed by atoms with E-state index < -0.39 is 5.97 Å². The molecule has 0 bridgehead atoms. The van der Waals surface area contributed by atoms with E-state index in [2.05, 4.69) is 0 Å². The van der Waals surface area contributed by atoms with Crippen molar-refractivity contribution in [2.75, 3.05) is 6.61 Å². The third-order valence-corrected chi connectivity index (χ3v) is 2.15. The van der Waals surface area contributed by atoms with Crippen LogP contribution in [0.4, 0.5) is 0 Å². The second-order valence-electron chi connectivity index (χ2n) is 3.65. The molecule has 0 radical (unpaired) electrons. The second kappa shape index (κ2) is 6.06. The molecule has 0 aliphatic heterocycles. The highest BCUT2D eigenvalue weighted by atomic mass is 16.5. The van der Waals surface area contributed by atoms with Crippen molar-refractivity contribution in [3.63, 3.8) is 0 Å². The lowest BCUT2D eigenvalue weighted by Gasteiger charge is -2.09. The molecular formula is C12H16O3. The van der Waals surface area contributed by atoms with E-state index in [4.69, 9.17) is 9.84 Å². The minimum absolute atomic E-state index is 0.159. The first-order chi connectivity index (χ1) is 7.18. The number of para-hydroxylation sites is 1. The number of rotatable bonds is 6. The number of carbonyl (C=O) groups is 1. The molecule has 1 aromatic carbocycles. The molecule has 0 heterocycles. The fourth-order valence-corrected chi connectivity index (χ4v) is 1.29. The molecule has 1 unspecified atom stereocenters. The topological polar surface area (TPSA) is 46.5 Å². The molecule has 0 saturated heterocycles. The van der Waals surface area contributed by atoms with E-state index in [1.165, 1.54) is 0 Å². The van der Waals surface area contributed by atoms with Gasteiger partial charge in [0.2, 0.25) is 0 Å². The Bertz CT molecular complexity index is 295. The molecule has 3 heteroatoms. The molecular weight excluding hydrogens is 192 g/mol. The molecule has 82 valence electrons. The molecule has 1 atom stereocenters. The van der Waals surface area contributed by atoms with E-state index >= 15 is 0 Å². The van der Waals surface area contributed by atoms with Crippen LogP contribution in [0.1, 0.15) is 19.8 Å². The van der Waals surface area contributed by atoms with Gasteiger partial charge in [0, 0.05) is 6.42 Å². The molecule has 0 aliphatic rings. The first-order valence-corrected chi connectivity index (χ1v) is 5.08. The summed E-state index contributed by atoms with van der Waals surface area (Å²) in [6, 6.07) is 9.54. The van der Waals surface area contributed by atoms with Crippen molar-refractivity contribution < 1.29 is 14.6 Å². The average Bonchev–Trinajstić information content (AvgIpc) is 2.18. The van der Waals surface area contributed by atoms with Gasteiger partial charge in [-0.3, -0.25) is 4.79 Å². The second-order valence-corrected chi connectivity index (χ2v) is 3.65. The largest absolute Gasteiger partial charge is 0.494 e. The summed E-state index contributed by atoms with van der Waals surface area (Å²) in [5, 5.41) is 8.56. The lowest BCUT2D eigenvalue weighted by molar-refractivity contribution is -0.138. The van der Waals surface area contributed by atoms with Crippen LogP contribution in [0.3, 0.4) is 0 Å². The summed E-state index contributed by atoms with van der Waals surface area (Å²) in [5.41, 5.74) is 0. The summed E-state index contributed by atoms with van der Waals surface area (Å²) in [7, 11) is 0. The summed E-state index contributed by atoms with van der Waals surface area (Å²) in [6.07, 6.45) is 0.972. The molecule has 0 amide bonds. The smallest absolute Gasteiger partial charge is 0.303 e. The molecule has 1 N–H and O–H groups in total. The Labute approximate surface area is 89.7 Å². The molecule has 0 aliphatic carbocycles. The normalized spacial score (nSPS) is 12.1. The Hall–Kier alpha value is -1.51. The molecule has 0 aromatic heterocycles. The first kappa shape index (κ1) is 11.6. The summed E-state index contributed by atoms with van der Waals surface area (Å²) in [4.78, 5) is 10.4. The first-order valence-electron chi connectivity index (χ1n) is 5.08. The van der Waals surface area contributed by atoms with Crippen LogP contribution in [0.25, 0.3) is 0 Å². The minimum atomic E-state index is -0.748. The highest BCUT2D eigenvalue weighted by Crippen LogP contribution is 2.11. The van der Waals surface area contributed by atoms with Gasteiger partial charge in [0.25, 0.3) is 0 Å². The quantitative estimate of drug-likeness (QED) is 0.781. The van der Waals surface area contributed by atoms with Crippen molar-refractivity contribution in [3.8, 4) is 5.75 Å². The molecule has 3 nitrogen and oxygen atoms in total. The predicted molar refractivity (Wildman–Crippen MR) is 58.0 cm³/mol. The summed E-state index contributed by atoms with van der Waals surface area (Å²) >= 11 is 0. The van der Waals surface area contributed by atoms with Crippen LogP contribution >= 0.6 is 0 Å². The molecule has 0 fully saturated rings. The number of carboxylic acid groups (broad SMARTS) is 1. The number of carboxylic acids is 1. The van der Waals surface area contributed by atoms with Crippen molar-refractivity contribution >= 4 is 5.97 Å². The third-order valence-electron chi connectivity index (χ3n) is 2.15. The zero-order chi connectivity index (χ0) is 11.1. The molecule has 0 spiro atoms. The SMILES string of the molecule is CC(CCOc1ccccc1)CC(=O)O. The summed E-state index contributed by atoms with van der Waals surface area (Å²) in [6.45, 7) is 2.49. The standard InChI is InChI=1S/C12H16O3/c1-10(9-12(13)14)7-8-15-11-5-3-2-4-6-11/h2-6,10H,7-9H2,1H3,(H,13,14). The van der Waals surface area contributed by atoms with Crippen LogP contribution in [0.5, 0.6) is 5.75 Å². The van der Waals surface area contributed by atoms with Crippen molar-refractivity contribution in [2.45, 2.75) is 19.8 Å². The van der Waals surface area contributed by atoms with Gasteiger partial charge in [-0.05, 0) is 24.5 Å². The van der Waals surface area contributed by atoms with Gasteiger partial charge in [-0.2, -0.15) is 0 Å². The highest BCUT2D eigenvalue weighted by molar-refractivity contribution is 5.66. The number of ether oxygens (including phenoxy) is 1. The van der Waals surface area contributed by atoms with Crippen LogP contribution in [0.2, 0.25) is 0 Å². The fourth-order valence-electron chi connectivity index (χ4n) is 1.29. The maximum Gasteiger partial charge on any atom is 0.303 e. The lowest BCUT2D eigenvalue weighted by Crippen LogP contribution is -2.08. The molecule has 0 saturated carbocycles. The number of benzene rings is 1. The van der Waals surface area contributed by atoms with Gasteiger partial charge >= 0.3 is 5.97 Å². The van der Waals surface area contributed by atoms with Gasteiger partial charge in [0.15, 0.2) is 0 Å². The summed E-state index contributed by atoms with van der Waals surface area (Å²) in [5.74, 6) is 0.244. The fraction of sp³-hybridized carbons (Fsp3) is 0.417. The third kappa shape index (κ3) is 5.05. The van der Waals surface area contributed by atoms with Gasteiger partial charge in [0.05, 0.1) is 6.61 Å². The van der Waals surface area contributed by atoms with Gasteiger partial charge in [-0.15, -0.1) is 0 Å². The Balaban J connectivity index is 2.19. The zero-order valence-corrected chi connectivity index (χ0v) is 8.85. The molecule has 15 heavy (non-hydrogen) atoms. The van der Waals surface area contributed by atoms with Crippen LogP contribution in [0.15, 0.2) is 30.3 Å².